The molecule has 3 heterocycles. The molecule has 0 bridgehead atoms. The second-order valence-electron chi connectivity index (χ2n) is 6.35. The Hall–Kier alpha value is -1.63. The van der Waals surface area contributed by atoms with Gasteiger partial charge in [0.2, 0.25) is 5.91 Å². The molecule has 2 saturated heterocycles. The van der Waals surface area contributed by atoms with Crippen LogP contribution in [0, 0.1) is 0 Å². The highest BCUT2D eigenvalue weighted by Crippen LogP contribution is 2.32. The predicted octanol–water partition coefficient (Wildman–Crippen LogP) is 4.39. The number of thiazole rings is 1. The van der Waals surface area contributed by atoms with Gasteiger partial charge in [-0.05, 0) is 37.5 Å². The monoisotopic (exact) mass is 377 g/mol. The number of hydrogen-bond donors (Lipinski definition) is 1. The molecule has 2 aromatic rings. The number of nitrogens with zero attached hydrogens (tertiary/aromatic N) is 2. The lowest BCUT2D eigenvalue weighted by Gasteiger charge is -2.17. The van der Waals surface area contributed by atoms with Gasteiger partial charge < -0.3 is 15.0 Å². The van der Waals surface area contributed by atoms with E-state index in [1.807, 2.05) is 23.1 Å². The highest BCUT2D eigenvalue weighted by atomic mass is 35.5. The molecule has 1 atom stereocenters. The first-order valence-corrected chi connectivity index (χ1v) is 9.86. The number of aromatic nitrogens is 1. The maximum absolute atomic E-state index is 11.9. The Bertz CT molecular complexity index is 773. The number of ether oxygens (including phenoxy) is 1. The molecule has 5 nitrogen and oxygen atoms in total. The smallest absolute Gasteiger partial charge is 0.227 e. The quantitative estimate of drug-likeness (QED) is 0.839. The summed E-state index contributed by atoms with van der Waals surface area (Å²) in [6.07, 6.45) is 3.85. The molecule has 0 aliphatic carbocycles. The molecular weight excluding hydrogens is 358 g/mol. The van der Waals surface area contributed by atoms with E-state index in [1.165, 1.54) is 0 Å². The average Bonchev–Trinajstić information content (AvgIpc) is 3.35. The van der Waals surface area contributed by atoms with E-state index in [4.69, 9.17) is 16.3 Å². The number of carbonyl (C=O) groups is 1. The Morgan fingerprint density at radius 3 is 3.08 bits per heavy atom. The Kier molecular flexibility index (Phi) is 4.92. The molecule has 2 aliphatic heterocycles. The maximum Gasteiger partial charge on any atom is 0.227 e. The van der Waals surface area contributed by atoms with E-state index in [9.17, 15) is 4.79 Å². The van der Waals surface area contributed by atoms with Crippen molar-refractivity contribution in [3.63, 3.8) is 0 Å². The van der Waals surface area contributed by atoms with Crippen LogP contribution in [0.4, 0.5) is 11.4 Å². The van der Waals surface area contributed by atoms with Crippen LogP contribution in [0.25, 0.3) is 0 Å². The average molecular weight is 378 g/mol. The summed E-state index contributed by atoms with van der Waals surface area (Å²) in [5, 5.41) is 7.10. The zero-order chi connectivity index (χ0) is 17.2. The van der Waals surface area contributed by atoms with Crippen LogP contribution in [0.15, 0.2) is 23.6 Å². The topological polar surface area (TPSA) is 54.5 Å². The molecule has 2 aliphatic rings. The van der Waals surface area contributed by atoms with Crippen molar-refractivity contribution in [1.82, 2.24) is 4.98 Å². The molecule has 1 amide bonds. The van der Waals surface area contributed by atoms with Gasteiger partial charge >= 0.3 is 0 Å². The number of halogens is 1. The molecule has 1 unspecified atom stereocenters. The lowest BCUT2D eigenvalue weighted by atomic mass is 10.2. The number of amides is 1. The fraction of sp³-hybridized carbons (Fsp3) is 0.444. The standard InChI is InChI=1S/C18H20ClN3O2S/c19-14-6-5-13(22-7-1-4-17(22)23)9-15(14)20-10-12-11-25-18(21-12)16-3-2-8-24-16/h5-6,9,11,16,20H,1-4,7-8,10H2. The van der Waals surface area contributed by atoms with Crippen molar-refractivity contribution >= 4 is 40.2 Å². The first kappa shape index (κ1) is 16.8. The number of hydrogen-bond acceptors (Lipinski definition) is 5. The molecule has 132 valence electrons. The van der Waals surface area contributed by atoms with E-state index < -0.39 is 0 Å². The van der Waals surface area contributed by atoms with Gasteiger partial charge in [0, 0.05) is 30.6 Å². The van der Waals surface area contributed by atoms with Gasteiger partial charge in [0.1, 0.15) is 11.1 Å². The van der Waals surface area contributed by atoms with Gasteiger partial charge in [-0.25, -0.2) is 4.98 Å². The molecule has 0 radical (unpaired) electrons. The van der Waals surface area contributed by atoms with E-state index in [0.29, 0.717) is 18.0 Å². The number of carbonyl (C=O) groups excluding carboxylic acids is 1. The van der Waals surface area contributed by atoms with Crippen LogP contribution in [0.2, 0.25) is 5.02 Å². The van der Waals surface area contributed by atoms with Crippen LogP contribution < -0.4 is 10.2 Å². The normalized spacial score (nSPS) is 20.4. The Balaban J connectivity index is 1.44. The fourth-order valence-electron chi connectivity index (χ4n) is 3.25. The van der Waals surface area contributed by atoms with Crippen LogP contribution in [0.5, 0.6) is 0 Å². The van der Waals surface area contributed by atoms with E-state index in [0.717, 1.165) is 54.5 Å². The SMILES string of the molecule is O=C1CCCN1c1ccc(Cl)c(NCc2csc(C3CCCO3)n2)c1. The van der Waals surface area contributed by atoms with Crippen LogP contribution in [0.1, 0.15) is 42.5 Å². The first-order chi connectivity index (χ1) is 12.2. The molecule has 0 saturated carbocycles. The molecule has 2 fully saturated rings. The molecule has 25 heavy (non-hydrogen) atoms. The van der Waals surface area contributed by atoms with Gasteiger partial charge in [0.05, 0.1) is 22.9 Å². The summed E-state index contributed by atoms with van der Waals surface area (Å²) in [5.74, 6) is 0.175. The zero-order valence-electron chi connectivity index (χ0n) is 13.8. The number of nitrogens with one attached hydrogen (secondary N) is 1. The highest BCUT2D eigenvalue weighted by Gasteiger charge is 2.23. The summed E-state index contributed by atoms with van der Waals surface area (Å²) in [5.41, 5.74) is 2.70. The molecule has 1 aromatic heterocycles. The summed E-state index contributed by atoms with van der Waals surface area (Å²) in [4.78, 5) is 18.4. The van der Waals surface area contributed by atoms with Crippen molar-refractivity contribution < 1.29 is 9.53 Å². The van der Waals surface area contributed by atoms with Crippen molar-refractivity contribution in [2.24, 2.45) is 0 Å². The summed E-state index contributed by atoms with van der Waals surface area (Å²) in [7, 11) is 0. The largest absolute Gasteiger partial charge is 0.378 e. The summed E-state index contributed by atoms with van der Waals surface area (Å²) in [6, 6.07) is 5.68. The van der Waals surface area contributed by atoms with Crippen LogP contribution in [-0.2, 0) is 16.1 Å². The predicted molar refractivity (Wildman–Crippen MR) is 100 cm³/mol. The Morgan fingerprint density at radius 2 is 2.32 bits per heavy atom. The van der Waals surface area contributed by atoms with Crippen LogP contribution in [-0.4, -0.2) is 24.0 Å². The highest BCUT2D eigenvalue weighted by molar-refractivity contribution is 7.09. The van der Waals surface area contributed by atoms with E-state index >= 15 is 0 Å². The van der Waals surface area contributed by atoms with Gasteiger partial charge in [-0.15, -0.1) is 11.3 Å². The van der Waals surface area contributed by atoms with Gasteiger partial charge in [-0.1, -0.05) is 11.6 Å². The lowest BCUT2D eigenvalue weighted by Crippen LogP contribution is -2.23. The van der Waals surface area contributed by atoms with Crippen molar-refractivity contribution in [2.45, 2.75) is 38.3 Å². The minimum atomic E-state index is 0.159. The van der Waals surface area contributed by atoms with Crippen molar-refractivity contribution in [3.05, 3.63) is 39.3 Å². The first-order valence-electron chi connectivity index (χ1n) is 8.60. The Morgan fingerprint density at radius 1 is 1.40 bits per heavy atom. The molecular formula is C18H20ClN3O2S. The molecule has 4 rings (SSSR count). The van der Waals surface area contributed by atoms with Crippen molar-refractivity contribution in [1.29, 1.82) is 0 Å². The van der Waals surface area contributed by atoms with Crippen LogP contribution >= 0.6 is 22.9 Å². The third kappa shape index (κ3) is 3.66. The van der Waals surface area contributed by atoms with Gasteiger partial charge in [0.15, 0.2) is 0 Å². The fourth-order valence-corrected chi connectivity index (χ4v) is 4.33. The van der Waals surface area contributed by atoms with Gasteiger partial charge in [-0.2, -0.15) is 0 Å². The number of rotatable bonds is 5. The summed E-state index contributed by atoms with van der Waals surface area (Å²) >= 11 is 7.96. The van der Waals surface area contributed by atoms with Gasteiger partial charge in [0.25, 0.3) is 0 Å². The lowest BCUT2D eigenvalue weighted by molar-refractivity contribution is -0.117. The molecule has 7 heteroatoms. The van der Waals surface area contributed by atoms with Crippen molar-refractivity contribution in [2.75, 3.05) is 23.4 Å². The zero-order valence-corrected chi connectivity index (χ0v) is 15.4. The van der Waals surface area contributed by atoms with E-state index in [2.05, 4.69) is 15.7 Å². The van der Waals surface area contributed by atoms with E-state index in [-0.39, 0.29) is 12.0 Å². The number of benzene rings is 1. The maximum atomic E-state index is 11.9. The molecule has 0 spiro atoms. The van der Waals surface area contributed by atoms with Crippen molar-refractivity contribution in [3.8, 4) is 0 Å². The summed E-state index contributed by atoms with van der Waals surface area (Å²) < 4.78 is 5.69. The van der Waals surface area contributed by atoms with Gasteiger partial charge in [-0.3, -0.25) is 4.79 Å². The third-order valence-corrected chi connectivity index (χ3v) is 5.88. The molecule has 1 aromatic carbocycles. The third-order valence-electron chi connectivity index (χ3n) is 4.57. The van der Waals surface area contributed by atoms with E-state index in [1.54, 1.807) is 11.3 Å². The minimum Gasteiger partial charge on any atom is -0.378 e. The minimum absolute atomic E-state index is 0.159. The molecule has 1 N–H and O–H groups in total. The second kappa shape index (κ2) is 7.32. The Labute approximate surface area is 156 Å². The van der Waals surface area contributed by atoms with Crippen LogP contribution in [0.3, 0.4) is 0 Å². The number of anilines is 2. The summed E-state index contributed by atoms with van der Waals surface area (Å²) in [6.45, 7) is 2.20. The second-order valence-corrected chi connectivity index (χ2v) is 7.64.